The predicted octanol–water partition coefficient (Wildman–Crippen LogP) is 2.43. The minimum atomic E-state index is -4.81. The van der Waals surface area contributed by atoms with Crippen LogP contribution >= 0.6 is 0 Å². The molecular formula is C7H5F4NO. The third-order valence-corrected chi connectivity index (χ3v) is 1.25. The smallest absolute Gasteiger partial charge is 0.405 e. The van der Waals surface area contributed by atoms with Gasteiger partial charge < -0.3 is 4.74 Å². The molecule has 1 aromatic rings. The van der Waals surface area contributed by atoms with Gasteiger partial charge in [-0.15, -0.1) is 13.2 Å². The number of aromatic nitrogens is 1. The summed E-state index contributed by atoms with van der Waals surface area (Å²) >= 11 is 0. The number of halogens is 4. The van der Waals surface area contributed by atoms with Crippen molar-refractivity contribution in [2.24, 2.45) is 0 Å². The highest BCUT2D eigenvalue weighted by Gasteiger charge is 2.31. The normalized spacial score (nSPS) is 11.5. The van der Waals surface area contributed by atoms with Gasteiger partial charge in [0.15, 0.2) is 0 Å². The molecule has 13 heavy (non-hydrogen) atoms. The van der Waals surface area contributed by atoms with Gasteiger partial charge in [0.2, 0.25) is 5.95 Å². The summed E-state index contributed by atoms with van der Waals surface area (Å²) in [7, 11) is 0. The SMILES string of the molecule is Cc1cnc(F)cc1OC(F)(F)F. The van der Waals surface area contributed by atoms with Crippen molar-refractivity contribution >= 4 is 0 Å². The molecule has 0 aliphatic heterocycles. The summed E-state index contributed by atoms with van der Waals surface area (Å²) in [4.78, 5) is 3.16. The fraction of sp³-hybridized carbons (Fsp3) is 0.286. The van der Waals surface area contributed by atoms with E-state index in [1.807, 2.05) is 0 Å². The molecule has 1 rings (SSSR count). The first-order chi connectivity index (χ1) is 5.88. The monoisotopic (exact) mass is 195 g/mol. The first-order valence-corrected chi connectivity index (χ1v) is 3.26. The van der Waals surface area contributed by atoms with E-state index in [0.717, 1.165) is 6.20 Å². The average Bonchev–Trinajstić information content (AvgIpc) is 1.94. The van der Waals surface area contributed by atoms with Crippen molar-refractivity contribution < 1.29 is 22.3 Å². The van der Waals surface area contributed by atoms with Crippen molar-refractivity contribution in [2.45, 2.75) is 13.3 Å². The number of ether oxygens (including phenoxy) is 1. The van der Waals surface area contributed by atoms with Crippen LogP contribution < -0.4 is 4.74 Å². The topological polar surface area (TPSA) is 22.1 Å². The van der Waals surface area contributed by atoms with Gasteiger partial charge in [0, 0.05) is 17.8 Å². The second-order valence-electron chi connectivity index (χ2n) is 2.32. The summed E-state index contributed by atoms with van der Waals surface area (Å²) in [5.74, 6) is -1.58. The van der Waals surface area contributed by atoms with Crippen LogP contribution in [0.2, 0.25) is 0 Å². The molecule has 0 saturated carbocycles. The molecule has 72 valence electrons. The van der Waals surface area contributed by atoms with Crippen LogP contribution in [0.15, 0.2) is 12.3 Å². The fourth-order valence-corrected chi connectivity index (χ4v) is 0.716. The van der Waals surface area contributed by atoms with Crippen LogP contribution in [0.4, 0.5) is 17.6 Å². The van der Waals surface area contributed by atoms with E-state index in [2.05, 4.69) is 9.72 Å². The molecule has 0 fully saturated rings. The second kappa shape index (κ2) is 3.20. The Labute approximate surface area is 71.2 Å². The van der Waals surface area contributed by atoms with Crippen LogP contribution in [0.3, 0.4) is 0 Å². The zero-order chi connectivity index (χ0) is 10.1. The van der Waals surface area contributed by atoms with Crippen LogP contribution in [0, 0.1) is 12.9 Å². The summed E-state index contributed by atoms with van der Waals surface area (Å²) in [6.45, 7) is 1.34. The first kappa shape index (κ1) is 9.76. The van der Waals surface area contributed by atoms with Gasteiger partial charge >= 0.3 is 6.36 Å². The lowest BCUT2D eigenvalue weighted by Gasteiger charge is -2.10. The largest absolute Gasteiger partial charge is 0.573 e. The van der Waals surface area contributed by atoms with Crippen molar-refractivity contribution in [3.8, 4) is 5.75 Å². The second-order valence-corrected chi connectivity index (χ2v) is 2.32. The molecule has 2 nitrogen and oxygen atoms in total. The molecule has 0 saturated heterocycles. The molecule has 1 heterocycles. The van der Waals surface area contributed by atoms with Crippen molar-refractivity contribution in [1.29, 1.82) is 0 Å². The molecule has 0 bridgehead atoms. The zero-order valence-corrected chi connectivity index (χ0v) is 6.52. The number of rotatable bonds is 1. The van der Waals surface area contributed by atoms with E-state index in [1.165, 1.54) is 6.92 Å². The van der Waals surface area contributed by atoms with Gasteiger partial charge in [0.05, 0.1) is 0 Å². The van der Waals surface area contributed by atoms with Gasteiger partial charge in [-0.3, -0.25) is 0 Å². The van der Waals surface area contributed by atoms with Crippen molar-refractivity contribution in [2.75, 3.05) is 0 Å². The van der Waals surface area contributed by atoms with Crippen LogP contribution in [0.25, 0.3) is 0 Å². The molecule has 0 spiro atoms. The maximum absolute atomic E-state index is 12.4. The molecule has 0 radical (unpaired) electrons. The Balaban J connectivity index is 2.94. The van der Waals surface area contributed by atoms with Crippen molar-refractivity contribution in [3.05, 3.63) is 23.8 Å². The summed E-state index contributed by atoms with van der Waals surface area (Å²) in [6, 6.07) is 0.586. The molecule has 0 amide bonds. The Morgan fingerprint density at radius 3 is 2.54 bits per heavy atom. The molecule has 0 atom stereocenters. The molecule has 6 heteroatoms. The highest BCUT2D eigenvalue weighted by atomic mass is 19.4. The Morgan fingerprint density at radius 2 is 2.00 bits per heavy atom. The standard InChI is InChI=1S/C7H5F4NO/c1-4-3-12-6(8)2-5(4)13-7(9,10)11/h2-3H,1H3. The molecule has 0 aliphatic rings. The van der Waals surface area contributed by atoms with Gasteiger partial charge in [0.25, 0.3) is 0 Å². The zero-order valence-electron chi connectivity index (χ0n) is 6.52. The lowest BCUT2D eigenvalue weighted by atomic mass is 10.3. The average molecular weight is 195 g/mol. The van der Waals surface area contributed by atoms with Gasteiger partial charge in [-0.05, 0) is 6.92 Å². The van der Waals surface area contributed by atoms with E-state index in [1.54, 1.807) is 0 Å². The van der Waals surface area contributed by atoms with E-state index < -0.39 is 18.1 Å². The Hall–Kier alpha value is -1.33. The minimum absolute atomic E-state index is 0.124. The van der Waals surface area contributed by atoms with Gasteiger partial charge in [0.1, 0.15) is 5.75 Å². The molecule has 0 aliphatic carbocycles. The van der Waals surface area contributed by atoms with Crippen LogP contribution in [-0.4, -0.2) is 11.3 Å². The van der Waals surface area contributed by atoms with E-state index in [0.29, 0.717) is 6.07 Å². The highest BCUT2D eigenvalue weighted by Crippen LogP contribution is 2.25. The summed E-state index contributed by atoms with van der Waals surface area (Å²) in [5.41, 5.74) is 0.124. The number of nitrogens with zero attached hydrogens (tertiary/aromatic N) is 1. The first-order valence-electron chi connectivity index (χ1n) is 3.26. The molecule has 1 aromatic heterocycles. The van der Waals surface area contributed by atoms with Crippen molar-refractivity contribution in [1.82, 2.24) is 4.98 Å². The Morgan fingerprint density at radius 1 is 1.38 bits per heavy atom. The third-order valence-electron chi connectivity index (χ3n) is 1.25. The predicted molar refractivity (Wildman–Crippen MR) is 35.6 cm³/mol. The maximum Gasteiger partial charge on any atom is 0.573 e. The quantitative estimate of drug-likeness (QED) is 0.507. The van der Waals surface area contributed by atoms with Crippen LogP contribution in [0.5, 0.6) is 5.75 Å². The number of aryl methyl sites for hydroxylation is 1. The van der Waals surface area contributed by atoms with E-state index in [9.17, 15) is 17.6 Å². The number of hydrogen-bond donors (Lipinski definition) is 0. The molecule has 0 aromatic carbocycles. The molecule has 0 N–H and O–H groups in total. The molecule has 0 unspecified atom stereocenters. The third kappa shape index (κ3) is 2.89. The minimum Gasteiger partial charge on any atom is -0.405 e. The number of hydrogen-bond acceptors (Lipinski definition) is 2. The Kier molecular flexibility index (Phi) is 2.40. The lowest BCUT2D eigenvalue weighted by molar-refractivity contribution is -0.274. The highest BCUT2D eigenvalue weighted by molar-refractivity contribution is 5.29. The molecular weight excluding hydrogens is 190 g/mol. The van der Waals surface area contributed by atoms with Crippen molar-refractivity contribution in [3.63, 3.8) is 0 Å². The van der Waals surface area contributed by atoms with E-state index in [-0.39, 0.29) is 5.56 Å². The number of alkyl halides is 3. The van der Waals surface area contributed by atoms with E-state index in [4.69, 9.17) is 0 Å². The summed E-state index contributed by atoms with van der Waals surface area (Å²) < 4.78 is 51.0. The summed E-state index contributed by atoms with van der Waals surface area (Å²) in [5, 5.41) is 0. The fourth-order valence-electron chi connectivity index (χ4n) is 0.716. The summed E-state index contributed by atoms with van der Waals surface area (Å²) in [6.07, 6.45) is -3.84. The van der Waals surface area contributed by atoms with Crippen LogP contribution in [0.1, 0.15) is 5.56 Å². The lowest BCUT2D eigenvalue weighted by Crippen LogP contribution is -2.18. The Bertz CT molecular complexity index is 310. The number of pyridine rings is 1. The van der Waals surface area contributed by atoms with Gasteiger partial charge in [-0.1, -0.05) is 0 Å². The van der Waals surface area contributed by atoms with Gasteiger partial charge in [-0.2, -0.15) is 4.39 Å². The maximum atomic E-state index is 12.4. The van der Waals surface area contributed by atoms with E-state index >= 15 is 0 Å². The van der Waals surface area contributed by atoms with Crippen LogP contribution in [-0.2, 0) is 0 Å². The van der Waals surface area contributed by atoms with Gasteiger partial charge in [-0.25, -0.2) is 4.98 Å².